The zero-order valence-corrected chi connectivity index (χ0v) is 13.0. The van der Waals surface area contributed by atoms with Crippen LogP contribution in [0, 0.1) is 13.8 Å². The fourth-order valence-electron chi connectivity index (χ4n) is 1.66. The van der Waals surface area contributed by atoms with Crippen molar-refractivity contribution >= 4 is 17.1 Å². The maximum atomic E-state index is 12.0. The van der Waals surface area contributed by atoms with Gasteiger partial charge in [0.15, 0.2) is 5.69 Å². The minimum absolute atomic E-state index is 0. The van der Waals surface area contributed by atoms with Gasteiger partial charge in [-0.15, -0.1) is 0 Å². The number of carbonyl (C=O) groups is 1. The molecule has 0 saturated heterocycles. The molecule has 4 nitrogen and oxygen atoms in total. The highest BCUT2D eigenvalue weighted by Crippen LogP contribution is 2.23. The van der Waals surface area contributed by atoms with Gasteiger partial charge in [0, 0.05) is 13.0 Å². The average Bonchev–Trinajstić information content (AvgIpc) is 2.61. The van der Waals surface area contributed by atoms with E-state index in [0.717, 1.165) is 10.6 Å². The van der Waals surface area contributed by atoms with Gasteiger partial charge < -0.3 is 27.2 Å². The van der Waals surface area contributed by atoms with Crippen LogP contribution in [-0.2, 0) is 6.54 Å². The second kappa shape index (κ2) is 6.16. The number of benzene rings is 1. The lowest BCUT2D eigenvalue weighted by Gasteiger charge is -2.02. The quantitative estimate of drug-likeness (QED) is 0.552. The summed E-state index contributed by atoms with van der Waals surface area (Å²) in [5.41, 5.74) is 3.16. The molecule has 0 aliphatic heterocycles. The maximum Gasteiger partial charge on any atom is 0.231 e. The summed E-state index contributed by atoms with van der Waals surface area (Å²) in [4.78, 5) is 13.2. The number of nitrogens with zero attached hydrogens (tertiary/aromatic N) is 1. The summed E-state index contributed by atoms with van der Waals surface area (Å²) < 4.78 is 1.86. The van der Waals surface area contributed by atoms with Crippen LogP contribution in [0.15, 0.2) is 23.7 Å². The number of rotatable bonds is 3. The Kier molecular flexibility index (Phi) is 5.08. The van der Waals surface area contributed by atoms with E-state index < -0.39 is 0 Å². The molecule has 1 aromatic carbocycles. The standard InChI is InChI=1S/C13H13NO3S.BrH/c1-8-9(2)18-7-14(8)6-13(17)11-4-3-10(15)5-12(11)16;/h3-5,7H,6H2,1-2H3,(H-,15,16,17);1H. The SMILES string of the molecule is Cc1sc[n+](CC(=O)c2ccc(O)cc2O)c1C.[Br-]. The van der Waals surface area contributed by atoms with Crippen LogP contribution in [0.2, 0.25) is 0 Å². The van der Waals surface area contributed by atoms with Crippen molar-refractivity contribution in [3.8, 4) is 11.5 Å². The normalized spacial score (nSPS) is 10.0. The molecule has 0 spiro atoms. The van der Waals surface area contributed by atoms with Crippen molar-refractivity contribution in [2.45, 2.75) is 20.4 Å². The van der Waals surface area contributed by atoms with Crippen molar-refractivity contribution in [2.24, 2.45) is 0 Å². The third-order valence-electron chi connectivity index (χ3n) is 2.89. The smallest absolute Gasteiger partial charge is 0.231 e. The van der Waals surface area contributed by atoms with E-state index in [2.05, 4.69) is 0 Å². The number of halogens is 1. The molecule has 0 aliphatic rings. The molecule has 19 heavy (non-hydrogen) atoms. The Morgan fingerprint density at radius 2 is 2.00 bits per heavy atom. The number of aromatic hydroxyl groups is 2. The fourth-order valence-corrected chi connectivity index (χ4v) is 2.47. The van der Waals surface area contributed by atoms with Crippen LogP contribution in [0.1, 0.15) is 20.9 Å². The van der Waals surface area contributed by atoms with Gasteiger partial charge in [0.2, 0.25) is 17.8 Å². The highest BCUT2D eigenvalue weighted by molar-refractivity contribution is 7.09. The van der Waals surface area contributed by atoms with Gasteiger partial charge in [0.25, 0.3) is 0 Å². The molecule has 1 heterocycles. The number of Topliss-reactive ketones (excluding diaryl/α,β-unsaturated/α-hetero) is 1. The number of thiazole rings is 1. The van der Waals surface area contributed by atoms with Crippen molar-refractivity contribution < 1.29 is 36.6 Å². The summed E-state index contributed by atoms with van der Waals surface area (Å²) >= 11 is 1.58. The van der Waals surface area contributed by atoms with Crippen LogP contribution in [-0.4, -0.2) is 16.0 Å². The van der Waals surface area contributed by atoms with Crippen LogP contribution in [0.25, 0.3) is 0 Å². The van der Waals surface area contributed by atoms with Gasteiger partial charge >= 0.3 is 0 Å². The predicted octanol–water partition coefficient (Wildman–Crippen LogP) is -1.05. The molecule has 0 radical (unpaired) electrons. The number of aromatic nitrogens is 1. The number of phenolic OH excluding ortho intramolecular Hbond substituents is 2. The van der Waals surface area contributed by atoms with E-state index in [4.69, 9.17) is 0 Å². The zero-order valence-electron chi connectivity index (χ0n) is 10.6. The molecular weight excluding hydrogens is 330 g/mol. The molecule has 0 saturated carbocycles. The number of hydrogen-bond acceptors (Lipinski definition) is 4. The van der Waals surface area contributed by atoms with Gasteiger partial charge in [-0.25, -0.2) is 0 Å². The molecule has 6 heteroatoms. The Balaban J connectivity index is 0.00000180. The lowest BCUT2D eigenvalue weighted by atomic mass is 10.1. The van der Waals surface area contributed by atoms with Crippen LogP contribution in [0.3, 0.4) is 0 Å². The van der Waals surface area contributed by atoms with Crippen LogP contribution in [0.4, 0.5) is 0 Å². The first-order valence-electron chi connectivity index (χ1n) is 5.48. The third-order valence-corrected chi connectivity index (χ3v) is 3.90. The molecule has 0 fully saturated rings. The third kappa shape index (κ3) is 3.33. The van der Waals surface area contributed by atoms with E-state index in [9.17, 15) is 15.0 Å². The van der Waals surface area contributed by atoms with Crippen LogP contribution in [0.5, 0.6) is 11.5 Å². The van der Waals surface area contributed by atoms with E-state index in [1.54, 1.807) is 11.3 Å². The van der Waals surface area contributed by atoms with E-state index in [0.29, 0.717) is 0 Å². The summed E-state index contributed by atoms with van der Waals surface area (Å²) in [5, 5.41) is 18.8. The molecule has 0 unspecified atom stereocenters. The summed E-state index contributed by atoms with van der Waals surface area (Å²) in [6.45, 7) is 4.14. The van der Waals surface area contributed by atoms with Crippen molar-refractivity contribution in [3.63, 3.8) is 0 Å². The molecular formula is C13H14BrNO3S. The molecule has 0 bridgehead atoms. The van der Waals surface area contributed by atoms with Crippen molar-refractivity contribution in [3.05, 3.63) is 39.8 Å². The van der Waals surface area contributed by atoms with Crippen molar-refractivity contribution in [2.75, 3.05) is 0 Å². The number of hydrogen-bond donors (Lipinski definition) is 2. The monoisotopic (exact) mass is 343 g/mol. The first kappa shape index (κ1) is 15.7. The van der Waals surface area contributed by atoms with E-state index in [-0.39, 0.29) is 46.4 Å². The summed E-state index contributed by atoms with van der Waals surface area (Å²) in [5.74, 6) is -0.428. The minimum Gasteiger partial charge on any atom is -1.00 e. The van der Waals surface area contributed by atoms with Gasteiger partial charge in [0.05, 0.1) is 10.4 Å². The van der Waals surface area contributed by atoms with Gasteiger partial charge in [-0.3, -0.25) is 4.79 Å². The van der Waals surface area contributed by atoms with Crippen LogP contribution < -0.4 is 21.5 Å². The van der Waals surface area contributed by atoms with Crippen molar-refractivity contribution in [1.82, 2.24) is 0 Å². The Bertz CT molecular complexity index is 610. The van der Waals surface area contributed by atoms with Gasteiger partial charge in [0.1, 0.15) is 11.5 Å². The van der Waals surface area contributed by atoms with Gasteiger partial charge in [-0.1, -0.05) is 11.3 Å². The summed E-state index contributed by atoms with van der Waals surface area (Å²) in [6.07, 6.45) is 0. The predicted molar refractivity (Wildman–Crippen MR) is 68.1 cm³/mol. The number of ketones is 1. The number of aryl methyl sites for hydroxylation is 1. The number of phenols is 2. The van der Waals surface area contributed by atoms with Gasteiger partial charge in [-0.05, 0) is 19.1 Å². The maximum absolute atomic E-state index is 12.0. The Morgan fingerprint density at radius 3 is 2.53 bits per heavy atom. The first-order chi connectivity index (χ1) is 8.49. The molecule has 0 aliphatic carbocycles. The van der Waals surface area contributed by atoms with E-state index in [1.165, 1.54) is 18.2 Å². The molecule has 0 atom stereocenters. The average molecular weight is 344 g/mol. The fraction of sp³-hybridized carbons (Fsp3) is 0.231. The second-order valence-corrected chi connectivity index (χ2v) is 5.18. The summed E-state index contributed by atoms with van der Waals surface area (Å²) in [6, 6.07) is 4.00. The lowest BCUT2D eigenvalue weighted by molar-refractivity contribution is -0.684. The number of carbonyl (C=O) groups excluding carboxylic acids is 1. The highest BCUT2D eigenvalue weighted by Gasteiger charge is 2.19. The zero-order chi connectivity index (χ0) is 13.3. The Labute approximate surface area is 125 Å². The van der Waals surface area contributed by atoms with Crippen LogP contribution >= 0.6 is 11.3 Å². The molecule has 2 aromatic rings. The highest BCUT2D eigenvalue weighted by atomic mass is 79.9. The Hall–Kier alpha value is -1.40. The second-order valence-electron chi connectivity index (χ2n) is 4.12. The molecule has 2 N–H and O–H groups in total. The molecule has 102 valence electrons. The molecule has 0 amide bonds. The van der Waals surface area contributed by atoms with Crippen molar-refractivity contribution in [1.29, 1.82) is 0 Å². The minimum atomic E-state index is -0.190. The topological polar surface area (TPSA) is 61.4 Å². The summed E-state index contributed by atoms with van der Waals surface area (Å²) in [7, 11) is 0. The molecule has 1 aromatic heterocycles. The largest absolute Gasteiger partial charge is 1.00 e. The van der Waals surface area contributed by atoms with Gasteiger partial charge in [-0.2, -0.15) is 4.57 Å². The first-order valence-corrected chi connectivity index (χ1v) is 6.36. The van der Waals surface area contributed by atoms with E-state index in [1.807, 2.05) is 23.9 Å². The Morgan fingerprint density at radius 1 is 1.32 bits per heavy atom. The molecule has 2 rings (SSSR count). The lowest BCUT2D eigenvalue weighted by Crippen LogP contribution is -3.00. The van der Waals surface area contributed by atoms with E-state index >= 15 is 0 Å².